The summed E-state index contributed by atoms with van der Waals surface area (Å²) in [7, 11) is 0. The largest absolute Gasteiger partial charge is 0.477 e. The Kier molecular flexibility index (Phi) is 1.56. The highest BCUT2D eigenvalue weighted by Gasteiger charge is 2.18. The summed E-state index contributed by atoms with van der Waals surface area (Å²) in [5, 5.41) is 4.12. The van der Waals surface area contributed by atoms with Crippen molar-refractivity contribution in [3.8, 4) is 5.88 Å². The molecule has 1 atom stereocenters. The van der Waals surface area contributed by atoms with Crippen molar-refractivity contribution in [3.05, 3.63) is 6.20 Å². The van der Waals surface area contributed by atoms with Crippen LogP contribution in [0.5, 0.6) is 5.88 Å². The third-order valence-corrected chi connectivity index (χ3v) is 2.07. The molecule has 60 valence electrons. The first kappa shape index (κ1) is 7.03. The van der Waals surface area contributed by atoms with Crippen molar-refractivity contribution in [2.24, 2.45) is 5.92 Å². The lowest BCUT2D eigenvalue weighted by molar-refractivity contribution is 0.171. The molecule has 0 N–H and O–H groups in total. The number of rotatable bonds is 0. The number of hydrogen-bond donors (Lipinski definition) is 1. The van der Waals surface area contributed by atoms with Crippen LogP contribution in [0.15, 0.2) is 11.1 Å². The fourth-order valence-electron chi connectivity index (χ4n) is 1.21. The Hall–Kier alpha value is -0.640. The van der Waals surface area contributed by atoms with Gasteiger partial charge in [0.15, 0.2) is 0 Å². The molecule has 4 heteroatoms. The SMILES string of the molecule is C[C@H]1COc2c(S)cnn2C1. The molecule has 0 spiro atoms. The average molecular weight is 170 g/mol. The molecule has 0 saturated heterocycles. The van der Waals surface area contributed by atoms with Crippen LogP contribution in [0.1, 0.15) is 6.92 Å². The van der Waals surface area contributed by atoms with Crippen LogP contribution in [0.25, 0.3) is 0 Å². The van der Waals surface area contributed by atoms with E-state index in [0.29, 0.717) is 5.92 Å². The smallest absolute Gasteiger partial charge is 0.225 e. The molecule has 1 aliphatic heterocycles. The summed E-state index contributed by atoms with van der Waals surface area (Å²) in [6, 6.07) is 0. The molecule has 0 unspecified atom stereocenters. The average Bonchev–Trinajstić information content (AvgIpc) is 2.32. The molecular formula is C7H10N2OS. The van der Waals surface area contributed by atoms with Crippen LogP contribution >= 0.6 is 12.6 Å². The quantitative estimate of drug-likeness (QED) is 0.592. The molecule has 1 aliphatic rings. The molecule has 0 aliphatic carbocycles. The molecule has 1 aromatic rings. The minimum atomic E-state index is 0.551. The van der Waals surface area contributed by atoms with Gasteiger partial charge in [-0.05, 0) is 0 Å². The second-order valence-electron chi connectivity index (χ2n) is 2.93. The fourth-order valence-corrected chi connectivity index (χ4v) is 1.44. The van der Waals surface area contributed by atoms with E-state index in [4.69, 9.17) is 4.74 Å². The van der Waals surface area contributed by atoms with Crippen LogP contribution < -0.4 is 4.74 Å². The van der Waals surface area contributed by atoms with Crippen molar-refractivity contribution in [2.45, 2.75) is 18.4 Å². The molecule has 0 fully saturated rings. The molecule has 0 radical (unpaired) electrons. The predicted molar refractivity (Wildman–Crippen MR) is 44.1 cm³/mol. The number of hydrogen-bond acceptors (Lipinski definition) is 3. The fraction of sp³-hybridized carbons (Fsp3) is 0.571. The van der Waals surface area contributed by atoms with Gasteiger partial charge in [-0.1, -0.05) is 6.92 Å². The van der Waals surface area contributed by atoms with E-state index in [0.717, 1.165) is 23.9 Å². The minimum Gasteiger partial charge on any atom is -0.477 e. The summed E-state index contributed by atoms with van der Waals surface area (Å²) in [5.41, 5.74) is 0. The third-order valence-electron chi connectivity index (χ3n) is 1.76. The summed E-state index contributed by atoms with van der Waals surface area (Å²) in [5.74, 6) is 1.36. The van der Waals surface area contributed by atoms with Gasteiger partial charge in [0, 0.05) is 5.92 Å². The van der Waals surface area contributed by atoms with Crippen molar-refractivity contribution < 1.29 is 4.74 Å². The Morgan fingerprint density at radius 3 is 3.45 bits per heavy atom. The molecular weight excluding hydrogens is 160 g/mol. The zero-order chi connectivity index (χ0) is 7.84. The molecule has 2 heterocycles. The van der Waals surface area contributed by atoms with Crippen LogP contribution in [-0.4, -0.2) is 16.4 Å². The Morgan fingerprint density at radius 1 is 1.82 bits per heavy atom. The number of nitrogens with zero attached hydrogens (tertiary/aromatic N) is 2. The molecule has 0 saturated carbocycles. The Morgan fingerprint density at radius 2 is 2.64 bits per heavy atom. The van der Waals surface area contributed by atoms with Crippen molar-refractivity contribution >= 4 is 12.6 Å². The lowest BCUT2D eigenvalue weighted by atomic mass is 10.2. The van der Waals surface area contributed by atoms with Gasteiger partial charge in [-0.25, -0.2) is 4.68 Å². The van der Waals surface area contributed by atoms with Gasteiger partial charge >= 0.3 is 0 Å². The van der Waals surface area contributed by atoms with Gasteiger partial charge in [-0.3, -0.25) is 0 Å². The number of aromatic nitrogens is 2. The summed E-state index contributed by atoms with van der Waals surface area (Å²) < 4.78 is 7.29. The number of ether oxygens (including phenoxy) is 1. The van der Waals surface area contributed by atoms with Gasteiger partial charge in [0.1, 0.15) is 0 Å². The normalized spacial score (nSPS) is 22.5. The van der Waals surface area contributed by atoms with E-state index in [9.17, 15) is 0 Å². The summed E-state index contributed by atoms with van der Waals surface area (Å²) in [6.45, 7) is 3.86. The van der Waals surface area contributed by atoms with E-state index in [1.165, 1.54) is 0 Å². The summed E-state index contributed by atoms with van der Waals surface area (Å²) >= 11 is 4.21. The van der Waals surface area contributed by atoms with Gasteiger partial charge in [0.2, 0.25) is 5.88 Å². The summed E-state index contributed by atoms with van der Waals surface area (Å²) in [6.07, 6.45) is 1.72. The van der Waals surface area contributed by atoms with Crippen molar-refractivity contribution in [1.82, 2.24) is 9.78 Å². The van der Waals surface area contributed by atoms with Crippen LogP contribution in [-0.2, 0) is 6.54 Å². The number of fused-ring (bicyclic) bond motifs is 1. The zero-order valence-electron chi connectivity index (χ0n) is 6.32. The Balaban J connectivity index is 2.36. The molecule has 0 amide bonds. The second kappa shape index (κ2) is 2.44. The maximum absolute atomic E-state index is 5.43. The molecule has 1 aromatic heterocycles. The van der Waals surface area contributed by atoms with Gasteiger partial charge in [-0.15, -0.1) is 12.6 Å². The first-order valence-electron chi connectivity index (χ1n) is 3.65. The minimum absolute atomic E-state index is 0.551. The molecule has 0 bridgehead atoms. The molecule has 2 rings (SSSR count). The van der Waals surface area contributed by atoms with Gasteiger partial charge in [0.25, 0.3) is 0 Å². The van der Waals surface area contributed by atoms with E-state index in [-0.39, 0.29) is 0 Å². The van der Waals surface area contributed by atoms with E-state index in [1.54, 1.807) is 6.20 Å². The first-order chi connectivity index (χ1) is 5.27. The zero-order valence-corrected chi connectivity index (χ0v) is 7.21. The lowest BCUT2D eigenvalue weighted by Gasteiger charge is -2.20. The van der Waals surface area contributed by atoms with E-state index >= 15 is 0 Å². The van der Waals surface area contributed by atoms with E-state index in [2.05, 4.69) is 24.7 Å². The van der Waals surface area contributed by atoms with Crippen LogP contribution in [0.3, 0.4) is 0 Å². The van der Waals surface area contributed by atoms with Gasteiger partial charge < -0.3 is 4.74 Å². The van der Waals surface area contributed by atoms with Crippen LogP contribution in [0.4, 0.5) is 0 Å². The Bertz CT molecular complexity index is 271. The molecule has 11 heavy (non-hydrogen) atoms. The summed E-state index contributed by atoms with van der Waals surface area (Å²) in [4.78, 5) is 0.830. The predicted octanol–water partition coefficient (Wildman–Crippen LogP) is 1.20. The lowest BCUT2D eigenvalue weighted by Crippen LogP contribution is -2.23. The topological polar surface area (TPSA) is 27.1 Å². The highest BCUT2D eigenvalue weighted by Crippen LogP contribution is 2.26. The second-order valence-corrected chi connectivity index (χ2v) is 3.42. The number of thiol groups is 1. The van der Waals surface area contributed by atoms with E-state index in [1.807, 2.05) is 4.68 Å². The highest BCUT2D eigenvalue weighted by atomic mass is 32.1. The molecule has 3 nitrogen and oxygen atoms in total. The van der Waals surface area contributed by atoms with Gasteiger partial charge in [-0.2, -0.15) is 5.10 Å². The highest BCUT2D eigenvalue weighted by molar-refractivity contribution is 7.80. The maximum atomic E-state index is 5.43. The third kappa shape index (κ3) is 1.11. The standard InChI is InChI=1S/C7H10N2OS/c1-5-3-9-7(10-4-5)6(11)2-8-9/h2,5,11H,3-4H2,1H3/t5-/m1/s1. The van der Waals surface area contributed by atoms with Gasteiger partial charge in [0.05, 0.1) is 24.2 Å². The first-order valence-corrected chi connectivity index (χ1v) is 4.09. The van der Waals surface area contributed by atoms with Crippen molar-refractivity contribution in [3.63, 3.8) is 0 Å². The molecule has 0 aromatic carbocycles. The van der Waals surface area contributed by atoms with Crippen molar-refractivity contribution in [1.29, 1.82) is 0 Å². The monoisotopic (exact) mass is 170 g/mol. The Labute approximate surface area is 70.8 Å². The van der Waals surface area contributed by atoms with Crippen molar-refractivity contribution in [2.75, 3.05) is 6.61 Å². The van der Waals surface area contributed by atoms with Crippen LogP contribution in [0, 0.1) is 5.92 Å². The maximum Gasteiger partial charge on any atom is 0.225 e. The van der Waals surface area contributed by atoms with Crippen LogP contribution in [0.2, 0.25) is 0 Å². The van der Waals surface area contributed by atoms with E-state index < -0.39 is 0 Å².